The number of amides is 2. The third-order valence-electron chi connectivity index (χ3n) is 2.01. The summed E-state index contributed by atoms with van der Waals surface area (Å²) in [6, 6.07) is 9.20. The highest BCUT2D eigenvalue weighted by molar-refractivity contribution is 6.04. The van der Waals surface area contributed by atoms with Gasteiger partial charge in [0, 0.05) is 12.2 Å². The first-order chi connectivity index (χ1) is 7.15. The molecule has 0 aromatic heterocycles. The monoisotopic (exact) mass is 206 g/mol. The molecule has 0 heterocycles. The van der Waals surface area contributed by atoms with Crippen molar-refractivity contribution >= 4 is 17.5 Å². The number of carbonyl (C=O) groups excluding carboxylic acids is 2. The molecule has 0 fully saturated rings. The van der Waals surface area contributed by atoms with Crippen molar-refractivity contribution in [3.63, 3.8) is 0 Å². The third kappa shape index (κ3) is 3.09. The van der Waals surface area contributed by atoms with Crippen molar-refractivity contribution in [1.29, 1.82) is 0 Å². The Morgan fingerprint density at radius 3 is 2.33 bits per heavy atom. The number of hydrogen-bond acceptors (Lipinski definition) is 2. The SMILES string of the molecule is CCN(C(=O)CC(N)=O)c1ccccc1. The first-order valence-electron chi connectivity index (χ1n) is 4.79. The van der Waals surface area contributed by atoms with E-state index in [0.29, 0.717) is 6.54 Å². The second-order valence-electron chi connectivity index (χ2n) is 3.12. The summed E-state index contributed by atoms with van der Waals surface area (Å²) in [5.74, 6) is -0.870. The second kappa shape index (κ2) is 5.14. The third-order valence-corrected chi connectivity index (χ3v) is 2.01. The zero-order valence-electron chi connectivity index (χ0n) is 8.64. The second-order valence-corrected chi connectivity index (χ2v) is 3.12. The summed E-state index contributed by atoms with van der Waals surface area (Å²) in [6.07, 6.45) is -0.247. The standard InChI is InChI=1S/C11H14N2O2/c1-2-13(11(15)8-10(12)14)9-6-4-3-5-7-9/h3-7H,2,8H2,1H3,(H2,12,14). The molecule has 0 bridgehead atoms. The normalized spacial score (nSPS) is 9.67. The molecule has 1 aromatic carbocycles. The lowest BCUT2D eigenvalue weighted by molar-refractivity contribution is -0.126. The van der Waals surface area contributed by atoms with Crippen LogP contribution >= 0.6 is 0 Å². The van der Waals surface area contributed by atoms with E-state index in [1.165, 1.54) is 4.90 Å². The molecule has 80 valence electrons. The Morgan fingerprint density at radius 2 is 1.87 bits per heavy atom. The first kappa shape index (κ1) is 11.2. The predicted molar refractivity (Wildman–Crippen MR) is 58.3 cm³/mol. The highest BCUT2D eigenvalue weighted by Gasteiger charge is 2.15. The number of anilines is 1. The van der Waals surface area contributed by atoms with Gasteiger partial charge in [0.2, 0.25) is 11.8 Å². The molecule has 15 heavy (non-hydrogen) atoms. The lowest BCUT2D eigenvalue weighted by atomic mass is 10.2. The summed E-state index contributed by atoms with van der Waals surface area (Å²) in [4.78, 5) is 23.8. The average molecular weight is 206 g/mol. The van der Waals surface area contributed by atoms with Gasteiger partial charge < -0.3 is 10.6 Å². The smallest absolute Gasteiger partial charge is 0.236 e. The summed E-state index contributed by atoms with van der Waals surface area (Å²) in [5.41, 5.74) is 5.76. The van der Waals surface area contributed by atoms with E-state index in [1.54, 1.807) is 0 Å². The van der Waals surface area contributed by atoms with Crippen LogP contribution in [0.1, 0.15) is 13.3 Å². The van der Waals surface area contributed by atoms with E-state index in [-0.39, 0.29) is 12.3 Å². The number of hydrogen-bond donors (Lipinski definition) is 1. The fourth-order valence-corrected chi connectivity index (χ4v) is 1.36. The van der Waals surface area contributed by atoms with Crippen molar-refractivity contribution in [3.8, 4) is 0 Å². The summed E-state index contributed by atoms with van der Waals surface area (Å²) >= 11 is 0. The van der Waals surface area contributed by atoms with E-state index >= 15 is 0 Å². The minimum Gasteiger partial charge on any atom is -0.369 e. The average Bonchev–Trinajstić information content (AvgIpc) is 2.19. The number of nitrogens with zero attached hydrogens (tertiary/aromatic N) is 1. The number of rotatable bonds is 4. The zero-order chi connectivity index (χ0) is 11.3. The molecule has 0 spiro atoms. The molecular weight excluding hydrogens is 192 g/mol. The van der Waals surface area contributed by atoms with E-state index < -0.39 is 5.91 Å². The first-order valence-corrected chi connectivity index (χ1v) is 4.79. The quantitative estimate of drug-likeness (QED) is 0.744. The number of nitrogens with two attached hydrogens (primary N) is 1. The maximum Gasteiger partial charge on any atom is 0.236 e. The molecule has 0 aliphatic carbocycles. The summed E-state index contributed by atoms with van der Waals surface area (Å²) < 4.78 is 0. The van der Waals surface area contributed by atoms with E-state index in [0.717, 1.165) is 5.69 Å². The fraction of sp³-hybridized carbons (Fsp3) is 0.273. The van der Waals surface area contributed by atoms with Crippen LogP contribution in [0.2, 0.25) is 0 Å². The van der Waals surface area contributed by atoms with Gasteiger partial charge in [0.15, 0.2) is 0 Å². The van der Waals surface area contributed by atoms with Gasteiger partial charge in [-0.3, -0.25) is 9.59 Å². The van der Waals surface area contributed by atoms with Gasteiger partial charge >= 0.3 is 0 Å². The van der Waals surface area contributed by atoms with Crippen LogP contribution in [-0.4, -0.2) is 18.4 Å². The molecule has 4 heteroatoms. The topological polar surface area (TPSA) is 63.4 Å². The molecule has 0 aliphatic heterocycles. The van der Waals surface area contributed by atoms with Gasteiger partial charge in [0.05, 0.1) is 0 Å². The molecule has 0 radical (unpaired) electrons. The molecule has 2 amide bonds. The summed E-state index contributed by atoms with van der Waals surface area (Å²) in [7, 11) is 0. The Morgan fingerprint density at radius 1 is 1.27 bits per heavy atom. The van der Waals surface area contributed by atoms with Crippen molar-refractivity contribution < 1.29 is 9.59 Å². The molecule has 0 saturated carbocycles. The minimum absolute atomic E-state index is 0.247. The van der Waals surface area contributed by atoms with Crippen molar-refractivity contribution in [2.75, 3.05) is 11.4 Å². The summed E-state index contributed by atoms with van der Waals surface area (Å²) in [5, 5.41) is 0. The lowest BCUT2D eigenvalue weighted by Gasteiger charge is -2.20. The van der Waals surface area contributed by atoms with E-state index in [9.17, 15) is 9.59 Å². The van der Waals surface area contributed by atoms with Crippen molar-refractivity contribution in [2.45, 2.75) is 13.3 Å². The van der Waals surface area contributed by atoms with Crippen molar-refractivity contribution in [2.24, 2.45) is 5.73 Å². The van der Waals surface area contributed by atoms with Gasteiger partial charge in [-0.05, 0) is 19.1 Å². The lowest BCUT2D eigenvalue weighted by Crippen LogP contribution is -2.33. The molecule has 0 aliphatic rings. The van der Waals surface area contributed by atoms with Crippen LogP contribution in [0, 0.1) is 0 Å². The van der Waals surface area contributed by atoms with Crippen molar-refractivity contribution in [3.05, 3.63) is 30.3 Å². The van der Waals surface area contributed by atoms with Crippen LogP contribution in [0.15, 0.2) is 30.3 Å². The maximum absolute atomic E-state index is 11.6. The molecule has 1 aromatic rings. The van der Waals surface area contributed by atoms with Gasteiger partial charge in [-0.1, -0.05) is 18.2 Å². The van der Waals surface area contributed by atoms with Crippen LogP contribution in [0.4, 0.5) is 5.69 Å². The van der Waals surface area contributed by atoms with Gasteiger partial charge in [-0.2, -0.15) is 0 Å². The Hall–Kier alpha value is -1.84. The fourth-order valence-electron chi connectivity index (χ4n) is 1.36. The Kier molecular flexibility index (Phi) is 3.85. The molecule has 4 nitrogen and oxygen atoms in total. The summed E-state index contributed by atoms with van der Waals surface area (Å²) in [6.45, 7) is 2.38. The van der Waals surface area contributed by atoms with E-state index in [1.807, 2.05) is 37.3 Å². The Balaban J connectivity index is 2.80. The van der Waals surface area contributed by atoms with Crippen molar-refractivity contribution in [1.82, 2.24) is 0 Å². The van der Waals surface area contributed by atoms with Crippen LogP contribution in [0.3, 0.4) is 0 Å². The van der Waals surface area contributed by atoms with Crippen LogP contribution in [0.25, 0.3) is 0 Å². The van der Waals surface area contributed by atoms with Gasteiger partial charge in [-0.25, -0.2) is 0 Å². The molecule has 0 unspecified atom stereocenters. The number of benzene rings is 1. The van der Waals surface area contributed by atoms with E-state index in [2.05, 4.69) is 0 Å². The maximum atomic E-state index is 11.6. The van der Waals surface area contributed by atoms with Crippen LogP contribution < -0.4 is 10.6 Å². The zero-order valence-corrected chi connectivity index (χ0v) is 8.64. The molecule has 1 rings (SSSR count). The Labute approximate surface area is 88.7 Å². The molecule has 0 saturated heterocycles. The van der Waals surface area contributed by atoms with E-state index in [4.69, 9.17) is 5.73 Å². The highest BCUT2D eigenvalue weighted by atomic mass is 16.2. The largest absolute Gasteiger partial charge is 0.369 e. The number of carbonyl (C=O) groups is 2. The predicted octanol–water partition coefficient (Wildman–Crippen LogP) is 0.915. The van der Waals surface area contributed by atoms with Crippen LogP contribution in [0.5, 0.6) is 0 Å². The van der Waals surface area contributed by atoms with Gasteiger partial charge in [0.1, 0.15) is 6.42 Å². The highest BCUT2D eigenvalue weighted by Crippen LogP contribution is 2.13. The molecular formula is C11H14N2O2. The Bertz CT molecular complexity index is 349. The molecule has 2 N–H and O–H groups in total. The minimum atomic E-state index is -0.602. The molecule has 0 atom stereocenters. The van der Waals surface area contributed by atoms with Crippen LogP contribution in [-0.2, 0) is 9.59 Å². The number of para-hydroxylation sites is 1. The van der Waals surface area contributed by atoms with Gasteiger partial charge in [-0.15, -0.1) is 0 Å². The number of primary amides is 1. The van der Waals surface area contributed by atoms with Gasteiger partial charge in [0.25, 0.3) is 0 Å².